The normalized spacial score (nSPS) is 24.3. The van der Waals surface area contributed by atoms with Gasteiger partial charge in [-0.05, 0) is 43.0 Å². The van der Waals surface area contributed by atoms with E-state index in [9.17, 15) is 9.59 Å². The highest BCUT2D eigenvalue weighted by Gasteiger charge is 2.26. The summed E-state index contributed by atoms with van der Waals surface area (Å²) in [5.41, 5.74) is 8.10. The summed E-state index contributed by atoms with van der Waals surface area (Å²) in [4.78, 5) is 23.7. The first-order chi connectivity index (χ1) is 10.2. The van der Waals surface area contributed by atoms with E-state index < -0.39 is 0 Å². The van der Waals surface area contributed by atoms with Crippen molar-refractivity contribution in [1.82, 2.24) is 5.32 Å². The molecule has 1 fully saturated rings. The zero-order valence-electron chi connectivity index (χ0n) is 12.0. The number of carbonyl (C=O) groups is 2. The second-order valence-corrected chi connectivity index (χ2v) is 5.96. The van der Waals surface area contributed by atoms with Crippen molar-refractivity contribution in [2.24, 2.45) is 11.7 Å². The first-order valence-electron chi connectivity index (χ1n) is 7.61. The van der Waals surface area contributed by atoms with Gasteiger partial charge < -0.3 is 16.4 Å². The minimum atomic E-state index is -0.0794. The van der Waals surface area contributed by atoms with Gasteiger partial charge in [-0.3, -0.25) is 9.59 Å². The van der Waals surface area contributed by atoms with Crippen LogP contribution < -0.4 is 16.4 Å². The predicted octanol–water partition coefficient (Wildman–Crippen LogP) is 1.43. The van der Waals surface area contributed by atoms with Gasteiger partial charge in [-0.15, -0.1) is 0 Å². The van der Waals surface area contributed by atoms with E-state index in [-0.39, 0.29) is 17.9 Å². The summed E-state index contributed by atoms with van der Waals surface area (Å²) in [6.07, 6.45) is 4.81. The standard InChI is InChI=1S/C16H21N3O2/c17-9-12-3-1-2-4-13(12)19-16(21)11-6-5-10-8-15(20)18-14(10)7-11/h5-7,12-13H,1-4,8-9,17H2,(H,18,20)(H,19,21). The Morgan fingerprint density at radius 1 is 1.33 bits per heavy atom. The van der Waals surface area contributed by atoms with Crippen LogP contribution in [0.25, 0.3) is 0 Å². The number of benzene rings is 1. The van der Waals surface area contributed by atoms with E-state index >= 15 is 0 Å². The van der Waals surface area contributed by atoms with Crippen molar-refractivity contribution in [3.05, 3.63) is 29.3 Å². The van der Waals surface area contributed by atoms with Gasteiger partial charge in [0.25, 0.3) is 5.91 Å². The average Bonchev–Trinajstić information content (AvgIpc) is 2.86. The Hall–Kier alpha value is -1.88. The van der Waals surface area contributed by atoms with E-state index in [1.54, 1.807) is 12.1 Å². The molecule has 2 aliphatic rings. The molecular formula is C16H21N3O2. The van der Waals surface area contributed by atoms with Crippen LogP contribution in [0.2, 0.25) is 0 Å². The van der Waals surface area contributed by atoms with Crippen LogP contribution in [-0.2, 0) is 11.2 Å². The van der Waals surface area contributed by atoms with Crippen LogP contribution in [0.15, 0.2) is 18.2 Å². The lowest BCUT2D eigenvalue weighted by molar-refractivity contribution is -0.115. The summed E-state index contributed by atoms with van der Waals surface area (Å²) in [5, 5.41) is 5.88. The lowest BCUT2D eigenvalue weighted by atomic mass is 9.84. The molecule has 1 aromatic rings. The van der Waals surface area contributed by atoms with Crippen LogP contribution in [0.5, 0.6) is 0 Å². The molecule has 3 rings (SSSR count). The highest BCUT2D eigenvalue weighted by Crippen LogP contribution is 2.26. The maximum Gasteiger partial charge on any atom is 0.251 e. The molecular weight excluding hydrogens is 266 g/mol. The number of anilines is 1. The molecule has 1 aliphatic carbocycles. The molecule has 0 radical (unpaired) electrons. The molecule has 0 aromatic heterocycles. The van der Waals surface area contributed by atoms with Gasteiger partial charge in [0.05, 0.1) is 6.42 Å². The lowest BCUT2D eigenvalue weighted by Crippen LogP contribution is -2.44. The molecule has 1 heterocycles. The zero-order chi connectivity index (χ0) is 14.8. The second kappa shape index (κ2) is 5.85. The van der Waals surface area contributed by atoms with Gasteiger partial charge in [0, 0.05) is 17.3 Å². The third-order valence-corrected chi connectivity index (χ3v) is 4.53. The zero-order valence-corrected chi connectivity index (χ0v) is 12.0. The molecule has 1 aliphatic heterocycles. The minimum Gasteiger partial charge on any atom is -0.349 e. The molecule has 2 atom stereocenters. The van der Waals surface area contributed by atoms with E-state index in [1.165, 1.54) is 6.42 Å². The fourth-order valence-electron chi connectivity index (χ4n) is 3.29. The number of nitrogens with one attached hydrogen (secondary N) is 2. The van der Waals surface area contributed by atoms with E-state index in [2.05, 4.69) is 10.6 Å². The number of rotatable bonds is 3. The molecule has 0 spiro atoms. The van der Waals surface area contributed by atoms with Crippen LogP contribution in [-0.4, -0.2) is 24.4 Å². The number of hydrogen-bond acceptors (Lipinski definition) is 3. The Morgan fingerprint density at radius 3 is 2.95 bits per heavy atom. The molecule has 5 heteroatoms. The fourth-order valence-corrected chi connectivity index (χ4v) is 3.29. The molecule has 2 amide bonds. The molecule has 0 bridgehead atoms. The maximum absolute atomic E-state index is 12.4. The Bertz CT molecular complexity index is 571. The molecule has 112 valence electrons. The van der Waals surface area contributed by atoms with Crippen LogP contribution in [0.3, 0.4) is 0 Å². The summed E-state index contributed by atoms with van der Waals surface area (Å²) < 4.78 is 0. The van der Waals surface area contributed by atoms with Gasteiger partial charge in [0.15, 0.2) is 0 Å². The molecule has 2 unspecified atom stereocenters. The number of hydrogen-bond donors (Lipinski definition) is 3. The van der Waals surface area contributed by atoms with Gasteiger partial charge in [-0.1, -0.05) is 18.9 Å². The van der Waals surface area contributed by atoms with Crippen molar-refractivity contribution >= 4 is 17.5 Å². The van der Waals surface area contributed by atoms with Crippen molar-refractivity contribution in [2.45, 2.75) is 38.1 Å². The summed E-state index contributed by atoms with van der Waals surface area (Å²) in [6, 6.07) is 5.56. The molecule has 0 saturated heterocycles. The topological polar surface area (TPSA) is 84.2 Å². The minimum absolute atomic E-state index is 0.0157. The molecule has 4 N–H and O–H groups in total. The average molecular weight is 287 g/mol. The van der Waals surface area contributed by atoms with Gasteiger partial charge >= 0.3 is 0 Å². The maximum atomic E-state index is 12.4. The van der Waals surface area contributed by atoms with Gasteiger partial charge in [-0.2, -0.15) is 0 Å². The molecule has 21 heavy (non-hydrogen) atoms. The highest BCUT2D eigenvalue weighted by atomic mass is 16.2. The van der Waals surface area contributed by atoms with E-state index in [4.69, 9.17) is 5.73 Å². The largest absolute Gasteiger partial charge is 0.349 e. The summed E-state index contributed by atoms with van der Waals surface area (Å²) >= 11 is 0. The van der Waals surface area contributed by atoms with Gasteiger partial charge in [0.1, 0.15) is 0 Å². The van der Waals surface area contributed by atoms with Crippen molar-refractivity contribution in [1.29, 1.82) is 0 Å². The Labute approximate surface area is 124 Å². The number of amides is 2. The summed E-state index contributed by atoms with van der Waals surface area (Å²) in [5.74, 6) is 0.277. The highest BCUT2D eigenvalue weighted by molar-refractivity contribution is 6.02. The third kappa shape index (κ3) is 2.93. The first-order valence-corrected chi connectivity index (χ1v) is 7.61. The van der Waals surface area contributed by atoms with Gasteiger partial charge in [0.2, 0.25) is 5.91 Å². The SMILES string of the molecule is NCC1CCCCC1NC(=O)c1ccc2c(c1)NC(=O)C2. The second-order valence-electron chi connectivity index (χ2n) is 5.96. The van der Waals surface area contributed by atoms with Crippen LogP contribution in [0.1, 0.15) is 41.6 Å². The van der Waals surface area contributed by atoms with Crippen LogP contribution in [0, 0.1) is 5.92 Å². The number of fused-ring (bicyclic) bond motifs is 1. The van der Waals surface area contributed by atoms with Gasteiger partial charge in [-0.25, -0.2) is 0 Å². The van der Waals surface area contributed by atoms with Crippen LogP contribution >= 0.6 is 0 Å². The Kier molecular flexibility index (Phi) is 3.92. The smallest absolute Gasteiger partial charge is 0.251 e. The molecule has 5 nitrogen and oxygen atoms in total. The van der Waals surface area contributed by atoms with Crippen LogP contribution in [0.4, 0.5) is 5.69 Å². The summed E-state index contributed by atoms with van der Waals surface area (Å²) in [7, 11) is 0. The van der Waals surface area contributed by atoms with E-state index in [0.29, 0.717) is 24.4 Å². The first kappa shape index (κ1) is 14.1. The molecule has 1 aromatic carbocycles. The number of carbonyl (C=O) groups excluding carboxylic acids is 2. The molecule has 1 saturated carbocycles. The number of nitrogens with two attached hydrogens (primary N) is 1. The predicted molar refractivity (Wildman–Crippen MR) is 81.0 cm³/mol. The van der Waals surface area contributed by atoms with E-state index in [0.717, 1.165) is 30.5 Å². The fraction of sp³-hybridized carbons (Fsp3) is 0.500. The lowest BCUT2D eigenvalue weighted by Gasteiger charge is -2.31. The monoisotopic (exact) mass is 287 g/mol. The van der Waals surface area contributed by atoms with Crippen molar-refractivity contribution in [3.63, 3.8) is 0 Å². The third-order valence-electron chi connectivity index (χ3n) is 4.53. The quantitative estimate of drug-likeness (QED) is 0.786. The van der Waals surface area contributed by atoms with Crippen molar-refractivity contribution in [3.8, 4) is 0 Å². The van der Waals surface area contributed by atoms with Crippen molar-refractivity contribution in [2.75, 3.05) is 11.9 Å². The van der Waals surface area contributed by atoms with Crippen molar-refractivity contribution < 1.29 is 9.59 Å². The van der Waals surface area contributed by atoms with E-state index in [1.807, 2.05) is 6.07 Å². The summed E-state index contributed by atoms with van der Waals surface area (Å²) in [6.45, 7) is 0.616. The Balaban J connectivity index is 1.71. The Morgan fingerprint density at radius 2 is 2.14 bits per heavy atom.